The average Bonchev–Trinajstić information content (AvgIpc) is 2.77. The Hall–Kier alpha value is -1.47. The summed E-state index contributed by atoms with van der Waals surface area (Å²) in [6.07, 6.45) is 0.295. The monoisotopic (exact) mass is 272 g/mol. The first-order chi connectivity index (χ1) is 8.42. The average molecular weight is 272 g/mol. The van der Waals surface area contributed by atoms with Crippen molar-refractivity contribution in [2.24, 2.45) is 0 Å². The molecule has 2 N–H and O–H groups in total. The summed E-state index contributed by atoms with van der Waals surface area (Å²) in [7, 11) is 1.54. The summed E-state index contributed by atoms with van der Waals surface area (Å²) in [6, 6.07) is 0. The maximum absolute atomic E-state index is 11.9. The molecule has 1 amide bonds. The molecule has 18 heavy (non-hydrogen) atoms. The Morgan fingerprint density at radius 1 is 1.61 bits per heavy atom. The molecule has 100 valence electrons. The Morgan fingerprint density at radius 2 is 2.28 bits per heavy atom. The van der Waals surface area contributed by atoms with Crippen molar-refractivity contribution in [1.82, 2.24) is 10.3 Å². The van der Waals surface area contributed by atoms with Crippen molar-refractivity contribution in [3.63, 3.8) is 0 Å². The molecule has 0 aliphatic rings. The summed E-state index contributed by atoms with van der Waals surface area (Å²) in [5.74, 6) is -1.55. The molecule has 0 aromatic carbocycles. The predicted molar refractivity (Wildman–Crippen MR) is 66.6 cm³/mol. The van der Waals surface area contributed by atoms with Gasteiger partial charge in [0.25, 0.3) is 5.91 Å². The van der Waals surface area contributed by atoms with Crippen LogP contribution >= 0.6 is 11.3 Å². The van der Waals surface area contributed by atoms with E-state index in [2.05, 4.69) is 10.3 Å². The molecule has 1 aromatic rings. The number of carbonyl (C=O) groups is 2. The molecule has 0 aliphatic heterocycles. The van der Waals surface area contributed by atoms with Gasteiger partial charge < -0.3 is 15.2 Å². The van der Waals surface area contributed by atoms with Gasteiger partial charge in [0.1, 0.15) is 16.2 Å². The zero-order chi connectivity index (χ0) is 13.8. The molecule has 0 saturated heterocycles. The van der Waals surface area contributed by atoms with Crippen molar-refractivity contribution in [2.45, 2.75) is 32.4 Å². The van der Waals surface area contributed by atoms with Crippen molar-refractivity contribution in [3.8, 4) is 0 Å². The summed E-state index contributed by atoms with van der Waals surface area (Å²) < 4.78 is 4.90. The van der Waals surface area contributed by atoms with Crippen LogP contribution in [0.1, 0.15) is 35.8 Å². The van der Waals surface area contributed by atoms with Crippen LogP contribution in [0.2, 0.25) is 0 Å². The summed E-state index contributed by atoms with van der Waals surface area (Å²) in [4.78, 5) is 27.0. The van der Waals surface area contributed by atoms with E-state index in [0.29, 0.717) is 18.0 Å². The lowest BCUT2D eigenvalue weighted by molar-refractivity contribution is -0.143. The number of carbonyl (C=O) groups excluding carboxylic acids is 1. The van der Waals surface area contributed by atoms with Crippen LogP contribution in [0, 0.1) is 0 Å². The van der Waals surface area contributed by atoms with E-state index in [9.17, 15) is 9.59 Å². The lowest BCUT2D eigenvalue weighted by atomic mass is 9.99. The molecule has 0 saturated carbocycles. The number of rotatable bonds is 6. The summed E-state index contributed by atoms with van der Waals surface area (Å²) in [5, 5.41) is 13.8. The van der Waals surface area contributed by atoms with Crippen LogP contribution in [0.4, 0.5) is 0 Å². The Kier molecular flexibility index (Phi) is 4.80. The summed E-state index contributed by atoms with van der Waals surface area (Å²) in [5.41, 5.74) is -1.06. The molecular formula is C11H16N2O4S. The number of nitrogens with one attached hydrogen (secondary N) is 1. The van der Waals surface area contributed by atoms with Gasteiger partial charge in [0, 0.05) is 12.5 Å². The molecule has 0 aliphatic carbocycles. The number of hydrogen-bond donors (Lipinski definition) is 2. The molecule has 1 heterocycles. The van der Waals surface area contributed by atoms with E-state index in [1.165, 1.54) is 18.3 Å². The van der Waals surface area contributed by atoms with Gasteiger partial charge in [-0.25, -0.2) is 9.78 Å². The van der Waals surface area contributed by atoms with E-state index in [0.717, 1.165) is 0 Å². The van der Waals surface area contributed by atoms with Gasteiger partial charge in [-0.15, -0.1) is 11.3 Å². The second-order valence-corrected chi connectivity index (χ2v) is 4.95. The minimum atomic E-state index is -1.28. The number of amides is 1. The Bertz CT molecular complexity index is 446. The van der Waals surface area contributed by atoms with E-state index in [4.69, 9.17) is 9.84 Å². The van der Waals surface area contributed by atoms with Crippen molar-refractivity contribution in [3.05, 3.63) is 16.1 Å². The second kappa shape index (κ2) is 5.92. The van der Waals surface area contributed by atoms with Crippen molar-refractivity contribution >= 4 is 23.2 Å². The van der Waals surface area contributed by atoms with Gasteiger partial charge in [0.05, 0.1) is 6.61 Å². The highest BCUT2D eigenvalue weighted by Crippen LogP contribution is 2.14. The van der Waals surface area contributed by atoms with Crippen LogP contribution in [0.3, 0.4) is 0 Å². The van der Waals surface area contributed by atoms with Gasteiger partial charge in [0.15, 0.2) is 0 Å². The van der Waals surface area contributed by atoms with Crippen molar-refractivity contribution in [2.75, 3.05) is 7.11 Å². The molecule has 6 nitrogen and oxygen atoms in total. The number of carboxylic acids is 1. The minimum Gasteiger partial charge on any atom is -0.480 e. The molecular weight excluding hydrogens is 256 g/mol. The van der Waals surface area contributed by atoms with Crippen molar-refractivity contribution < 1.29 is 19.4 Å². The number of methoxy groups -OCH3 is 1. The van der Waals surface area contributed by atoms with Gasteiger partial charge >= 0.3 is 5.97 Å². The number of carboxylic acid groups (broad SMARTS) is 1. The Balaban J connectivity index is 2.78. The topological polar surface area (TPSA) is 88.5 Å². The fraction of sp³-hybridized carbons (Fsp3) is 0.545. The first-order valence-electron chi connectivity index (χ1n) is 5.42. The lowest BCUT2D eigenvalue weighted by Crippen LogP contribution is -2.51. The number of thiazole rings is 1. The Morgan fingerprint density at radius 3 is 2.78 bits per heavy atom. The van der Waals surface area contributed by atoms with Gasteiger partial charge in [-0.3, -0.25) is 4.79 Å². The SMILES string of the molecule is CCC(C)(NC(=O)c1csc(COC)n1)C(=O)O. The maximum Gasteiger partial charge on any atom is 0.329 e. The minimum absolute atomic E-state index is 0.216. The number of aromatic nitrogens is 1. The predicted octanol–water partition coefficient (Wildman–Crippen LogP) is 1.27. The van der Waals surface area contributed by atoms with Crippen LogP contribution in [0.5, 0.6) is 0 Å². The highest BCUT2D eigenvalue weighted by Gasteiger charge is 2.33. The van der Waals surface area contributed by atoms with Crippen LogP contribution in [-0.2, 0) is 16.1 Å². The summed E-state index contributed by atoms with van der Waals surface area (Å²) >= 11 is 1.30. The molecule has 0 radical (unpaired) electrons. The third-order valence-corrected chi connectivity index (χ3v) is 3.44. The van der Waals surface area contributed by atoms with Crippen LogP contribution in [-0.4, -0.2) is 34.6 Å². The third kappa shape index (κ3) is 3.27. The van der Waals surface area contributed by atoms with E-state index in [-0.39, 0.29) is 5.69 Å². The van der Waals surface area contributed by atoms with Crippen LogP contribution in [0.15, 0.2) is 5.38 Å². The van der Waals surface area contributed by atoms with E-state index >= 15 is 0 Å². The Labute approximate surface area is 109 Å². The maximum atomic E-state index is 11.9. The van der Waals surface area contributed by atoms with Gasteiger partial charge in [-0.2, -0.15) is 0 Å². The van der Waals surface area contributed by atoms with E-state index in [1.54, 1.807) is 19.4 Å². The number of aliphatic carboxylic acids is 1. The van der Waals surface area contributed by atoms with Crippen LogP contribution in [0.25, 0.3) is 0 Å². The van der Waals surface area contributed by atoms with E-state index < -0.39 is 17.4 Å². The molecule has 1 aromatic heterocycles. The van der Waals surface area contributed by atoms with Crippen LogP contribution < -0.4 is 5.32 Å². The molecule has 0 bridgehead atoms. The largest absolute Gasteiger partial charge is 0.480 e. The zero-order valence-electron chi connectivity index (χ0n) is 10.5. The molecule has 7 heteroatoms. The van der Waals surface area contributed by atoms with Gasteiger partial charge in [0.2, 0.25) is 0 Å². The first-order valence-corrected chi connectivity index (χ1v) is 6.30. The summed E-state index contributed by atoms with van der Waals surface area (Å²) in [6.45, 7) is 3.50. The molecule has 0 spiro atoms. The number of hydrogen-bond acceptors (Lipinski definition) is 5. The van der Waals surface area contributed by atoms with Gasteiger partial charge in [-0.1, -0.05) is 6.92 Å². The molecule has 0 fully saturated rings. The second-order valence-electron chi connectivity index (χ2n) is 4.00. The lowest BCUT2D eigenvalue weighted by Gasteiger charge is -2.23. The highest BCUT2D eigenvalue weighted by atomic mass is 32.1. The molecule has 1 rings (SSSR count). The zero-order valence-corrected chi connectivity index (χ0v) is 11.3. The van der Waals surface area contributed by atoms with Crippen molar-refractivity contribution in [1.29, 1.82) is 0 Å². The fourth-order valence-electron chi connectivity index (χ4n) is 1.21. The highest BCUT2D eigenvalue weighted by molar-refractivity contribution is 7.09. The molecule has 1 atom stereocenters. The first kappa shape index (κ1) is 14.6. The quantitative estimate of drug-likeness (QED) is 0.814. The molecule has 1 unspecified atom stereocenters. The fourth-order valence-corrected chi connectivity index (χ4v) is 1.96. The standard InChI is InChI=1S/C11H16N2O4S/c1-4-11(2,10(15)16)13-9(14)7-6-18-8(12-7)5-17-3/h6H,4-5H2,1-3H3,(H,13,14)(H,15,16). The number of nitrogens with zero attached hydrogens (tertiary/aromatic N) is 1. The van der Waals surface area contributed by atoms with E-state index in [1.807, 2.05) is 0 Å². The smallest absolute Gasteiger partial charge is 0.329 e. The number of ether oxygens (including phenoxy) is 1. The van der Waals surface area contributed by atoms with Gasteiger partial charge in [-0.05, 0) is 13.3 Å². The third-order valence-electron chi connectivity index (χ3n) is 2.62. The normalized spacial score (nSPS) is 13.9.